The third-order valence-corrected chi connectivity index (χ3v) is 3.55. The molecule has 17 heavy (non-hydrogen) atoms. The smallest absolute Gasteiger partial charge is 0.116 e. The molecule has 3 aromatic rings. The molecule has 0 spiro atoms. The summed E-state index contributed by atoms with van der Waals surface area (Å²) in [6.07, 6.45) is 0. The standard InChI is InChI=1S/C16H14O/c1-10-13-5-3-4-6-14(13)11(2)16-9-12(17)7-8-15(10)16/h3-9,17H,1-2H3. The van der Waals surface area contributed by atoms with Crippen LogP contribution in [-0.2, 0) is 0 Å². The summed E-state index contributed by atoms with van der Waals surface area (Å²) in [7, 11) is 0. The van der Waals surface area contributed by atoms with E-state index in [1.165, 1.54) is 27.3 Å². The van der Waals surface area contributed by atoms with Crippen LogP contribution in [0.5, 0.6) is 5.75 Å². The molecule has 0 saturated heterocycles. The molecule has 0 aromatic heterocycles. The first-order valence-electron chi connectivity index (χ1n) is 5.79. The van der Waals surface area contributed by atoms with Gasteiger partial charge in [0.1, 0.15) is 5.75 Å². The summed E-state index contributed by atoms with van der Waals surface area (Å²) in [6.45, 7) is 4.25. The molecular formula is C16H14O. The third kappa shape index (κ3) is 1.39. The summed E-state index contributed by atoms with van der Waals surface area (Å²) >= 11 is 0. The van der Waals surface area contributed by atoms with Crippen LogP contribution in [0.2, 0.25) is 0 Å². The lowest BCUT2D eigenvalue weighted by molar-refractivity contribution is 0.476. The molecule has 0 amide bonds. The van der Waals surface area contributed by atoms with Crippen LogP contribution in [0.15, 0.2) is 42.5 Å². The van der Waals surface area contributed by atoms with Crippen molar-refractivity contribution >= 4 is 21.5 Å². The molecule has 0 atom stereocenters. The maximum absolute atomic E-state index is 9.62. The van der Waals surface area contributed by atoms with Crippen molar-refractivity contribution in [1.82, 2.24) is 0 Å². The molecule has 0 radical (unpaired) electrons. The van der Waals surface area contributed by atoms with E-state index >= 15 is 0 Å². The van der Waals surface area contributed by atoms with Crippen molar-refractivity contribution in [3.63, 3.8) is 0 Å². The van der Waals surface area contributed by atoms with Crippen LogP contribution >= 0.6 is 0 Å². The van der Waals surface area contributed by atoms with E-state index in [0.717, 1.165) is 5.39 Å². The first-order chi connectivity index (χ1) is 8.18. The summed E-state index contributed by atoms with van der Waals surface area (Å²) in [5, 5.41) is 14.5. The fourth-order valence-electron chi connectivity index (χ4n) is 2.60. The van der Waals surface area contributed by atoms with Gasteiger partial charge < -0.3 is 5.11 Å². The molecule has 0 bridgehead atoms. The fourth-order valence-corrected chi connectivity index (χ4v) is 2.60. The molecule has 1 heteroatoms. The molecule has 0 fully saturated rings. The van der Waals surface area contributed by atoms with Crippen molar-refractivity contribution < 1.29 is 5.11 Å². The van der Waals surface area contributed by atoms with Crippen LogP contribution < -0.4 is 0 Å². The zero-order valence-electron chi connectivity index (χ0n) is 9.99. The Bertz CT molecular complexity index is 726. The Morgan fingerprint density at radius 2 is 1.24 bits per heavy atom. The van der Waals surface area contributed by atoms with E-state index in [1.54, 1.807) is 6.07 Å². The number of phenols is 1. The number of aryl methyl sites for hydroxylation is 2. The lowest BCUT2D eigenvalue weighted by Crippen LogP contribution is -1.87. The van der Waals surface area contributed by atoms with Gasteiger partial charge in [0.15, 0.2) is 0 Å². The Labute approximate surface area is 100 Å². The Balaban J connectivity index is 2.63. The first kappa shape index (κ1) is 10.2. The van der Waals surface area contributed by atoms with Gasteiger partial charge >= 0.3 is 0 Å². The zero-order chi connectivity index (χ0) is 12.0. The summed E-state index contributed by atoms with van der Waals surface area (Å²) in [5.74, 6) is 0.329. The van der Waals surface area contributed by atoms with E-state index in [2.05, 4.69) is 38.1 Å². The zero-order valence-corrected chi connectivity index (χ0v) is 9.99. The van der Waals surface area contributed by atoms with Gasteiger partial charge in [-0.15, -0.1) is 0 Å². The minimum absolute atomic E-state index is 0.329. The van der Waals surface area contributed by atoms with Crippen LogP contribution in [0.1, 0.15) is 11.1 Å². The van der Waals surface area contributed by atoms with Gasteiger partial charge in [-0.3, -0.25) is 0 Å². The van der Waals surface area contributed by atoms with E-state index in [4.69, 9.17) is 0 Å². The van der Waals surface area contributed by atoms with Gasteiger partial charge in [0, 0.05) is 0 Å². The van der Waals surface area contributed by atoms with Gasteiger partial charge in [0.05, 0.1) is 0 Å². The highest BCUT2D eigenvalue weighted by atomic mass is 16.3. The number of hydrogen-bond acceptors (Lipinski definition) is 1. The number of rotatable bonds is 0. The van der Waals surface area contributed by atoms with Crippen LogP contribution in [0.3, 0.4) is 0 Å². The normalized spacial score (nSPS) is 11.2. The second-order valence-corrected chi connectivity index (χ2v) is 4.53. The van der Waals surface area contributed by atoms with E-state index in [-0.39, 0.29) is 0 Å². The monoisotopic (exact) mass is 222 g/mol. The summed E-state index contributed by atoms with van der Waals surface area (Å²) in [6, 6.07) is 14.0. The molecule has 0 aliphatic heterocycles. The van der Waals surface area contributed by atoms with Crippen molar-refractivity contribution in [1.29, 1.82) is 0 Å². The number of hydrogen-bond donors (Lipinski definition) is 1. The van der Waals surface area contributed by atoms with Crippen LogP contribution in [0.25, 0.3) is 21.5 Å². The van der Waals surface area contributed by atoms with Gasteiger partial charge in [-0.2, -0.15) is 0 Å². The van der Waals surface area contributed by atoms with E-state index < -0.39 is 0 Å². The molecule has 3 rings (SSSR count). The Morgan fingerprint density at radius 1 is 0.706 bits per heavy atom. The molecule has 0 aliphatic carbocycles. The van der Waals surface area contributed by atoms with Gasteiger partial charge in [0.25, 0.3) is 0 Å². The Hall–Kier alpha value is -2.02. The molecule has 84 valence electrons. The van der Waals surface area contributed by atoms with Crippen molar-refractivity contribution in [3.05, 3.63) is 53.6 Å². The minimum Gasteiger partial charge on any atom is -0.508 e. The number of benzene rings is 3. The third-order valence-electron chi connectivity index (χ3n) is 3.55. The largest absolute Gasteiger partial charge is 0.508 e. The van der Waals surface area contributed by atoms with E-state index in [1.807, 2.05) is 12.1 Å². The molecule has 0 heterocycles. The van der Waals surface area contributed by atoms with Crippen LogP contribution in [-0.4, -0.2) is 5.11 Å². The predicted molar refractivity (Wildman–Crippen MR) is 72.6 cm³/mol. The number of phenolic OH excluding ortho intramolecular Hbond substituents is 1. The highest BCUT2D eigenvalue weighted by Crippen LogP contribution is 2.33. The minimum atomic E-state index is 0.329. The van der Waals surface area contributed by atoms with Crippen molar-refractivity contribution in [3.8, 4) is 5.75 Å². The highest BCUT2D eigenvalue weighted by Gasteiger charge is 2.08. The van der Waals surface area contributed by atoms with E-state index in [0.29, 0.717) is 5.75 Å². The second-order valence-electron chi connectivity index (χ2n) is 4.53. The lowest BCUT2D eigenvalue weighted by Gasteiger charge is -2.11. The fraction of sp³-hybridized carbons (Fsp3) is 0.125. The topological polar surface area (TPSA) is 20.2 Å². The van der Waals surface area contributed by atoms with Gasteiger partial charge in [-0.25, -0.2) is 0 Å². The Morgan fingerprint density at radius 3 is 1.88 bits per heavy atom. The number of fused-ring (bicyclic) bond motifs is 2. The van der Waals surface area contributed by atoms with Gasteiger partial charge in [0.2, 0.25) is 0 Å². The first-order valence-corrected chi connectivity index (χ1v) is 5.79. The summed E-state index contributed by atoms with van der Waals surface area (Å²) in [4.78, 5) is 0. The molecule has 0 saturated carbocycles. The van der Waals surface area contributed by atoms with E-state index in [9.17, 15) is 5.11 Å². The lowest BCUT2D eigenvalue weighted by atomic mass is 9.93. The summed E-state index contributed by atoms with van der Waals surface area (Å²) < 4.78 is 0. The van der Waals surface area contributed by atoms with Crippen molar-refractivity contribution in [2.45, 2.75) is 13.8 Å². The molecule has 1 nitrogen and oxygen atoms in total. The molecule has 0 unspecified atom stereocenters. The predicted octanol–water partition coefficient (Wildman–Crippen LogP) is 4.32. The molecular weight excluding hydrogens is 208 g/mol. The summed E-state index contributed by atoms with van der Waals surface area (Å²) in [5.41, 5.74) is 2.51. The van der Waals surface area contributed by atoms with Crippen molar-refractivity contribution in [2.75, 3.05) is 0 Å². The average Bonchev–Trinajstić information content (AvgIpc) is 2.36. The average molecular weight is 222 g/mol. The van der Waals surface area contributed by atoms with Crippen LogP contribution in [0, 0.1) is 13.8 Å². The number of aromatic hydroxyl groups is 1. The van der Waals surface area contributed by atoms with Gasteiger partial charge in [-0.05, 0) is 58.7 Å². The quantitative estimate of drug-likeness (QED) is 0.562. The molecule has 1 N–H and O–H groups in total. The van der Waals surface area contributed by atoms with Crippen LogP contribution in [0.4, 0.5) is 0 Å². The SMILES string of the molecule is Cc1c2ccccc2c(C)c2cc(O)ccc12. The van der Waals surface area contributed by atoms with Crippen molar-refractivity contribution in [2.24, 2.45) is 0 Å². The second kappa shape index (κ2) is 3.49. The maximum atomic E-state index is 9.62. The maximum Gasteiger partial charge on any atom is 0.116 e. The molecule has 3 aromatic carbocycles. The van der Waals surface area contributed by atoms with Gasteiger partial charge in [-0.1, -0.05) is 30.3 Å². The highest BCUT2D eigenvalue weighted by molar-refractivity contribution is 6.05. The Kier molecular flexibility index (Phi) is 2.08. The molecule has 0 aliphatic rings.